The third-order valence-corrected chi connectivity index (χ3v) is 7.46. The van der Waals surface area contributed by atoms with Crippen molar-refractivity contribution in [3.8, 4) is 0 Å². The summed E-state index contributed by atoms with van der Waals surface area (Å²) in [6, 6.07) is 13.9. The van der Waals surface area contributed by atoms with Crippen LogP contribution in [-0.2, 0) is 21.1 Å². The molecule has 0 radical (unpaired) electrons. The minimum atomic E-state index is -3.73. The quantitative estimate of drug-likeness (QED) is 0.592. The normalized spacial score (nSPS) is 12.8. The Hall–Kier alpha value is -2.38. The van der Waals surface area contributed by atoms with Crippen LogP contribution in [0.2, 0.25) is 0 Å². The van der Waals surface area contributed by atoms with Gasteiger partial charge in [0.15, 0.2) is 9.84 Å². The summed E-state index contributed by atoms with van der Waals surface area (Å²) in [6.45, 7) is 4.06. The number of carbonyl (C=O) groups is 1. The molecule has 0 saturated carbocycles. The van der Waals surface area contributed by atoms with Crippen LogP contribution in [0.4, 0.5) is 0 Å². The van der Waals surface area contributed by atoms with E-state index in [1.165, 1.54) is 17.6 Å². The third kappa shape index (κ3) is 4.72. The highest BCUT2D eigenvalue weighted by Gasteiger charge is 2.32. The first-order valence-corrected chi connectivity index (χ1v) is 11.5. The highest BCUT2D eigenvalue weighted by Crippen LogP contribution is 2.30. The summed E-state index contributed by atoms with van der Waals surface area (Å²) in [5, 5.41) is 3.66. The van der Waals surface area contributed by atoms with Crippen LogP contribution in [0.3, 0.4) is 0 Å². The molecule has 0 aliphatic carbocycles. The maximum Gasteiger partial charge on any atom is 0.225 e. The molecule has 0 aliphatic heterocycles. The summed E-state index contributed by atoms with van der Waals surface area (Å²) in [6.07, 6.45) is 1.67. The van der Waals surface area contributed by atoms with E-state index in [0.29, 0.717) is 11.7 Å². The summed E-state index contributed by atoms with van der Waals surface area (Å²) < 4.78 is 31.8. The number of nitrogens with one attached hydrogen (secondary N) is 1. The highest BCUT2D eigenvalue weighted by molar-refractivity contribution is 7.91. The maximum atomic E-state index is 13.2. The number of rotatable bonds is 8. The van der Waals surface area contributed by atoms with Gasteiger partial charge in [0.25, 0.3) is 0 Å². The first kappa shape index (κ1) is 20.4. The molecule has 1 atom stereocenters. The second-order valence-electron chi connectivity index (χ2n) is 6.83. The fourth-order valence-corrected chi connectivity index (χ4v) is 5.17. The predicted octanol–water partition coefficient (Wildman–Crippen LogP) is 4.34. The molecule has 1 aromatic carbocycles. The zero-order valence-electron chi connectivity index (χ0n) is 15.8. The molecule has 148 valence electrons. The molecule has 5 nitrogen and oxygen atoms in total. The monoisotopic (exact) mass is 417 g/mol. The Bertz CT molecular complexity index is 989. The molecule has 3 aromatic rings. The molecule has 0 unspecified atom stereocenters. The van der Waals surface area contributed by atoms with Crippen LogP contribution >= 0.6 is 11.3 Å². The van der Waals surface area contributed by atoms with E-state index in [4.69, 9.17) is 4.42 Å². The van der Waals surface area contributed by atoms with Crippen molar-refractivity contribution in [2.45, 2.75) is 36.3 Å². The topological polar surface area (TPSA) is 76.4 Å². The Morgan fingerprint density at radius 3 is 2.43 bits per heavy atom. The summed E-state index contributed by atoms with van der Waals surface area (Å²) in [4.78, 5) is 13.4. The maximum absolute atomic E-state index is 13.2. The number of sulfone groups is 1. The average Bonchev–Trinajstić information content (AvgIpc) is 3.36. The molecule has 0 aliphatic rings. The lowest BCUT2D eigenvalue weighted by Crippen LogP contribution is -2.32. The second-order valence-corrected chi connectivity index (χ2v) is 10.00. The van der Waals surface area contributed by atoms with Crippen molar-refractivity contribution in [3.63, 3.8) is 0 Å². The fraction of sp³-hybridized carbons (Fsp3) is 0.286. The Labute approximate surface area is 169 Å². The number of carbonyl (C=O) groups excluding carboxylic acids is 1. The largest absolute Gasteiger partial charge is 0.468 e. The van der Waals surface area contributed by atoms with Crippen molar-refractivity contribution in [1.82, 2.24) is 5.32 Å². The van der Waals surface area contributed by atoms with E-state index < -0.39 is 15.1 Å². The van der Waals surface area contributed by atoms with Gasteiger partial charge < -0.3 is 9.73 Å². The van der Waals surface area contributed by atoms with Crippen LogP contribution in [0.15, 0.2) is 69.5 Å². The van der Waals surface area contributed by atoms with Gasteiger partial charge in [-0.3, -0.25) is 4.79 Å². The molecule has 28 heavy (non-hydrogen) atoms. The predicted molar refractivity (Wildman–Crippen MR) is 110 cm³/mol. The zero-order valence-corrected chi connectivity index (χ0v) is 17.4. The molecule has 7 heteroatoms. The van der Waals surface area contributed by atoms with Crippen LogP contribution in [-0.4, -0.2) is 20.9 Å². The molecule has 0 spiro atoms. The van der Waals surface area contributed by atoms with Crippen molar-refractivity contribution in [3.05, 3.63) is 76.4 Å². The lowest BCUT2D eigenvalue weighted by Gasteiger charge is -2.17. The molecular formula is C21H23NO4S2. The van der Waals surface area contributed by atoms with Gasteiger partial charge in [-0.1, -0.05) is 32.0 Å². The van der Waals surface area contributed by atoms with E-state index in [0.717, 1.165) is 10.4 Å². The SMILES string of the molecule is CC(C)c1ccc(S(=O)(=O)[C@H](CNC(=O)Cc2cccs2)c2ccco2)cc1. The second kappa shape index (κ2) is 8.75. The third-order valence-electron chi connectivity index (χ3n) is 4.51. The number of thiophene rings is 1. The van der Waals surface area contributed by atoms with Crippen molar-refractivity contribution in [2.24, 2.45) is 0 Å². The Morgan fingerprint density at radius 1 is 1.11 bits per heavy atom. The summed E-state index contributed by atoms with van der Waals surface area (Å²) in [5.41, 5.74) is 1.07. The summed E-state index contributed by atoms with van der Waals surface area (Å²) >= 11 is 1.49. The first-order valence-electron chi connectivity index (χ1n) is 9.04. The van der Waals surface area contributed by atoms with Gasteiger partial charge >= 0.3 is 0 Å². The van der Waals surface area contributed by atoms with Gasteiger partial charge in [0.05, 0.1) is 17.6 Å². The standard InChI is InChI=1S/C21H23NO4S2/c1-15(2)16-7-9-18(10-8-16)28(24,25)20(19-6-3-11-26-19)14-22-21(23)13-17-5-4-12-27-17/h3-12,15,20H,13-14H2,1-2H3,(H,22,23)/t20-/m1/s1. The van der Waals surface area contributed by atoms with E-state index >= 15 is 0 Å². The number of furan rings is 1. The molecule has 2 aromatic heterocycles. The summed E-state index contributed by atoms with van der Waals surface area (Å²) in [5.74, 6) is 0.405. The van der Waals surface area contributed by atoms with E-state index in [1.807, 2.05) is 29.6 Å². The minimum absolute atomic E-state index is 0.0496. The van der Waals surface area contributed by atoms with Crippen molar-refractivity contribution in [1.29, 1.82) is 0 Å². The Kier molecular flexibility index (Phi) is 6.36. The average molecular weight is 418 g/mol. The van der Waals surface area contributed by atoms with E-state index in [2.05, 4.69) is 19.2 Å². The van der Waals surface area contributed by atoms with E-state index in [-0.39, 0.29) is 23.8 Å². The number of benzene rings is 1. The molecule has 0 bridgehead atoms. The zero-order chi connectivity index (χ0) is 20.1. The van der Waals surface area contributed by atoms with Crippen LogP contribution in [0, 0.1) is 0 Å². The van der Waals surface area contributed by atoms with Gasteiger partial charge in [-0.2, -0.15) is 0 Å². The van der Waals surface area contributed by atoms with Gasteiger partial charge in [0, 0.05) is 11.4 Å². The number of hydrogen-bond acceptors (Lipinski definition) is 5. The molecular weight excluding hydrogens is 394 g/mol. The Morgan fingerprint density at radius 2 is 1.86 bits per heavy atom. The van der Waals surface area contributed by atoms with Crippen LogP contribution in [0.1, 0.15) is 41.2 Å². The lowest BCUT2D eigenvalue weighted by molar-refractivity contribution is -0.120. The molecule has 3 rings (SSSR count). The van der Waals surface area contributed by atoms with Crippen LogP contribution in [0.5, 0.6) is 0 Å². The van der Waals surface area contributed by atoms with Crippen molar-refractivity contribution < 1.29 is 17.6 Å². The molecule has 1 amide bonds. The number of amides is 1. The molecule has 2 heterocycles. The summed E-state index contributed by atoms with van der Waals surface area (Å²) in [7, 11) is -3.73. The van der Waals surface area contributed by atoms with Gasteiger partial charge in [-0.05, 0) is 47.2 Å². The molecule has 0 fully saturated rings. The van der Waals surface area contributed by atoms with Gasteiger partial charge in [0.2, 0.25) is 5.91 Å². The fourth-order valence-electron chi connectivity index (χ4n) is 2.88. The lowest BCUT2D eigenvalue weighted by atomic mass is 10.0. The Balaban J connectivity index is 1.80. The van der Waals surface area contributed by atoms with Gasteiger partial charge in [-0.15, -0.1) is 11.3 Å². The van der Waals surface area contributed by atoms with Crippen molar-refractivity contribution >= 4 is 27.1 Å². The highest BCUT2D eigenvalue weighted by atomic mass is 32.2. The van der Waals surface area contributed by atoms with Crippen LogP contribution in [0.25, 0.3) is 0 Å². The van der Waals surface area contributed by atoms with Crippen molar-refractivity contribution in [2.75, 3.05) is 6.54 Å². The molecule has 1 N–H and O–H groups in total. The number of hydrogen-bond donors (Lipinski definition) is 1. The van der Waals surface area contributed by atoms with E-state index in [9.17, 15) is 13.2 Å². The van der Waals surface area contributed by atoms with E-state index in [1.54, 1.807) is 24.3 Å². The van der Waals surface area contributed by atoms with Gasteiger partial charge in [0.1, 0.15) is 11.0 Å². The van der Waals surface area contributed by atoms with Gasteiger partial charge in [-0.25, -0.2) is 8.42 Å². The smallest absolute Gasteiger partial charge is 0.225 e. The minimum Gasteiger partial charge on any atom is -0.468 e. The van der Waals surface area contributed by atoms with Crippen LogP contribution < -0.4 is 5.32 Å². The first-order chi connectivity index (χ1) is 13.4. The molecule has 0 saturated heterocycles.